The summed E-state index contributed by atoms with van der Waals surface area (Å²) < 4.78 is 5.09. The predicted octanol–water partition coefficient (Wildman–Crippen LogP) is 1.42. The maximum atomic E-state index is 12.3. The van der Waals surface area contributed by atoms with Gasteiger partial charge in [0, 0.05) is 57.8 Å². The van der Waals surface area contributed by atoms with E-state index in [4.69, 9.17) is 4.74 Å². The molecule has 0 aliphatic carbocycles. The van der Waals surface area contributed by atoms with Crippen LogP contribution in [0.2, 0.25) is 0 Å². The van der Waals surface area contributed by atoms with Gasteiger partial charge < -0.3 is 19.9 Å². The van der Waals surface area contributed by atoms with Gasteiger partial charge >= 0.3 is 0 Å². The molecule has 1 aliphatic heterocycles. The van der Waals surface area contributed by atoms with Gasteiger partial charge in [-0.3, -0.25) is 4.79 Å². The largest absolute Gasteiger partial charge is 0.377 e. The highest BCUT2D eigenvalue weighted by molar-refractivity contribution is 5.90. The third kappa shape index (κ3) is 4.36. The first kappa shape index (κ1) is 19.9. The smallest absolute Gasteiger partial charge is 0.291 e. The second kappa shape index (κ2) is 8.47. The van der Waals surface area contributed by atoms with Crippen molar-refractivity contribution in [1.82, 2.24) is 24.8 Å². The summed E-state index contributed by atoms with van der Waals surface area (Å²) in [5.74, 6) is 2.30. The summed E-state index contributed by atoms with van der Waals surface area (Å²) in [4.78, 5) is 33.6. The number of carbonyl (C=O) groups is 1. The second-order valence-corrected chi connectivity index (χ2v) is 7.15. The minimum atomic E-state index is -0.190. The molecule has 2 aromatic heterocycles. The molecule has 28 heavy (non-hydrogen) atoms. The quantitative estimate of drug-likeness (QED) is 0.798. The highest BCUT2D eigenvalue weighted by Gasteiger charge is 2.27. The monoisotopic (exact) mass is 385 g/mol. The van der Waals surface area contributed by atoms with Crippen LogP contribution in [0.1, 0.15) is 34.1 Å². The van der Waals surface area contributed by atoms with Gasteiger partial charge in [-0.2, -0.15) is 0 Å². The summed E-state index contributed by atoms with van der Waals surface area (Å²) in [6, 6.07) is 2.09. The van der Waals surface area contributed by atoms with Gasteiger partial charge in [0.1, 0.15) is 18.2 Å². The van der Waals surface area contributed by atoms with Crippen molar-refractivity contribution in [3.8, 4) is 0 Å². The molecule has 0 unspecified atom stereocenters. The summed E-state index contributed by atoms with van der Waals surface area (Å²) in [6.45, 7) is 5.92. The SMILES string of the molecule is COCc1nccc(N[C@@H]2CCN(c3nc(C(=O)N(C)C)nc(C)c3C)C2)n1. The van der Waals surface area contributed by atoms with Crippen LogP contribution in [-0.4, -0.2) is 71.1 Å². The molecule has 1 saturated heterocycles. The number of amides is 1. The molecule has 3 heterocycles. The Hall–Kier alpha value is -2.81. The van der Waals surface area contributed by atoms with E-state index in [0.717, 1.165) is 42.4 Å². The fraction of sp³-hybridized carbons (Fsp3) is 0.526. The Balaban J connectivity index is 1.74. The number of ether oxygens (including phenoxy) is 1. The first-order valence-corrected chi connectivity index (χ1v) is 9.28. The average Bonchev–Trinajstić information content (AvgIpc) is 3.12. The van der Waals surface area contributed by atoms with E-state index in [1.165, 1.54) is 4.90 Å². The molecular formula is C19H27N7O2. The molecule has 9 heteroatoms. The lowest BCUT2D eigenvalue weighted by Gasteiger charge is -2.22. The van der Waals surface area contributed by atoms with Crippen molar-refractivity contribution in [1.29, 1.82) is 0 Å². The predicted molar refractivity (Wildman–Crippen MR) is 107 cm³/mol. The van der Waals surface area contributed by atoms with Crippen LogP contribution in [0, 0.1) is 13.8 Å². The molecule has 0 aromatic carbocycles. The Bertz CT molecular complexity index is 856. The van der Waals surface area contributed by atoms with Crippen molar-refractivity contribution in [2.45, 2.75) is 32.9 Å². The fourth-order valence-corrected chi connectivity index (χ4v) is 3.17. The molecular weight excluding hydrogens is 358 g/mol. The van der Waals surface area contributed by atoms with Crippen LogP contribution in [0.5, 0.6) is 0 Å². The minimum Gasteiger partial charge on any atom is -0.377 e. The number of hydrogen-bond donors (Lipinski definition) is 1. The molecule has 1 atom stereocenters. The minimum absolute atomic E-state index is 0.190. The molecule has 0 spiro atoms. The molecule has 1 amide bonds. The van der Waals surface area contributed by atoms with Crippen LogP contribution < -0.4 is 10.2 Å². The van der Waals surface area contributed by atoms with Gasteiger partial charge in [-0.05, 0) is 26.3 Å². The number of nitrogens with zero attached hydrogens (tertiary/aromatic N) is 6. The van der Waals surface area contributed by atoms with E-state index in [2.05, 4.69) is 30.2 Å². The lowest BCUT2D eigenvalue weighted by atomic mass is 10.2. The molecule has 1 fully saturated rings. The summed E-state index contributed by atoms with van der Waals surface area (Å²) in [6.07, 6.45) is 2.68. The number of methoxy groups -OCH3 is 1. The van der Waals surface area contributed by atoms with Crippen molar-refractivity contribution in [2.24, 2.45) is 0 Å². The van der Waals surface area contributed by atoms with Crippen molar-refractivity contribution < 1.29 is 9.53 Å². The summed E-state index contributed by atoms with van der Waals surface area (Å²) >= 11 is 0. The first-order valence-electron chi connectivity index (χ1n) is 9.28. The molecule has 3 rings (SSSR count). The van der Waals surface area contributed by atoms with E-state index in [1.807, 2.05) is 19.9 Å². The van der Waals surface area contributed by atoms with Gasteiger partial charge in [-0.1, -0.05) is 0 Å². The van der Waals surface area contributed by atoms with Crippen molar-refractivity contribution in [3.63, 3.8) is 0 Å². The highest BCUT2D eigenvalue weighted by Crippen LogP contribution is 2.25. The van der Waals surface area contributed by atoms with Crippen molar-refractivity contribution in [2.75, 3.05) is 44.5 Å². The number of aryl methyl sites for hydroxylation is 1. The van der Waals surface area contributed by atoms with Gasteiger partial charge in [0.15, 0.2) is 5.82 Å². The molecule has 0 saturated carbocycles. The summed E-state index contributed by atoms with van der Waals surface area (Å²) in [5.41, 5.74) is 1.83. The number of carbonyl (C=O) groups excluding carboxylic acids is 1. The number of hydrogen-bond acceptors (Lipinski definition) is 8. The summed E-state index contributed by atoms with van der Waals surface area (Å²) in [5, 5.41) is 3.46. The van der Waals surface area contributed by atoms with E-state index in [1.54, 1.807) is 27.4 Å². The third-order valence-corrected chi connectivity index (χ3v) is 4.78. The van der Waals surface area contributed by atoms with Crippen LogP contribution in [0.25, 0.3) is 0 Å². The topological polar surface area (TPSA) is 96.4 Å². The Labute approximate surface area is 165 Å². The van der Waals surface area contributed by atoms with Gasteiger partial charge in [0.25, 0.3) is 5.91 Å². The standard InChI is InChI=1S/C19H27N7O2/c1-12-13(2)21-17(19(27)25(3)4)24-18(12)26-9-7-14(10-26)22-15-6-8-20-16(23-15)11-28-5/h6,8,14H,7,9-11H2,1-5H3,(H,20,22,23)/t14-/m1/s1. The van der Waals surface area contributed by atoms with Gasteiger partial charge in [-0.15, -0.1) is 0 Å². The molecule has 9 nitrogen and oxygen atoms in total. The van der Waals surface area contributed by atoms with Crippen LogP contribution in [0.15, 0.2) is 12.3 Å². The fourth-order valence-electron chi connectivity index (χ4n) is 3.17. The highest BCUT2D eigenvalue weighted by atomic mass is 16.5. The van der Waals surface area contributed by atoms with Crippen LogP contribution in [0.4, 0.5) is 11.6 Å². The molecule has 1 aliphatic rings. The molecule has 0 bridgehead atoms. The van der Waals surface area contributed by atoms with Crippen LogP contribution in [0.3, 0.4) is 0 Å². The number of rotatable bonds is 6. The normalized spacial score (nSPS) is 16.3. The zero-order chi connectivity index (χ0) is 20.3. The zero-order valence-electron chi connectivity index (χ0n) is 17.1. The molecule has 0 radical (unpaired) electrons. The van der Waals surface area contributed by atoms with Crippen molar-refractivity contribution in [3.05, 3.63) is 35.2 Å². The number of aromatic nitrogens is 4. The third-order valence-electron chi connectivity index (χ3n) is 4.78. The summed E-state index contributed by atoms with van der Waals surface area (Å²) in [7, 11) is 5.03. The molecule has 150 valence electrons. The Morgan fingerprint density at radius 1 is 1.32 bits per heavy atom. The van der Waals surface area contributed by atoms with E-state index < -0.39 is 0 Å². The first-order chi connectivity index (χ1) is 13.4. The van der Waals surface area contributed by atoms with E-state index in [0.29, 0.717) is 12.4 Å². The van der Waals surface area contributed by atoms with E-state index in [-0.39, 0.29) is 17.8 Å². The maximum Gasteiger partial charge on any atom is 0.291 e. The number of nitrogens with one attached hydrogen (secondary N) is 1. The Morgan fingerprint density at radius 3 is 2.82 bits per heavy atom. The lowest BCUT2D eigenvalue weighted by molar-refractivity contribution is 0.0815. The van der Waals surface area contributed by atoms with E-state index >= 15 is 0 Å². The Kier molecular flexibility index (Phi) is 6.03. The van der Waals surface area contributed by atoms with E-state index in [9.17, 15) is 4.79 Å². The van der Waals surface area contributed by atoms with Crippen LogP contribution in [-0.2, 0) is 11.3 Å². The van der Waals surface area contributed by atoms with Crippen LogP contribution >= 0.6 is 0 Å². The molecule has 1 N–H and O–H groups in total. The second-order valence-electron chi connectivity index (χ2n) is 7.15. The van der Waals surface area contributed by atoms with Gasteiger partial charge in [0.05, 0.1) is 0 Å². The van der Waals surface area contributed by atoms with Gasteiger partial charge in [-0.25, -0.2) is 19.9 Å². The molecule has 2 aromatic rings. The van der Waals surface area contributed by atoms with Crippen molar-refractivity contribution >= 4 is 17.5 Å². The Morgan fingerprint density at radius 2 is 2.11 bits per heavy atom. The number of anilines is 2. The van der Waals surface area contributed by atoms with Gasteiger partial charge in [0.2, 0.25) is 5.82 Å². The average molecular weight is 385 g/mol. The maximum absolute atomic E-state index is 12.3. The lowest BCUT2D eigenvalue weighted by Crippen LogP contribution is -2.30. The zero-order valence-corrected chi connectivity index (χ0v) is 17.1.